The lowest BCUT2D eigenvalue weighted by Crippen LogP contribution is -2.39. The monoisotopic (exact) mass is 252 g/mol. The summed E-state index contributed by atoms with van der Waals surface area (Å²) in [4.78, 5) is 13.8. The first kappa shape index (κ1) is 13.1. The second kappa shape index (κ2) is 6.02. The van der Waals surface area contributed by atoms with Gasteiger partial charge in [0.15, 0.2) is 0 Å². The minimum Gasteiger partial charge on any atom is -0.375 e. The standard InChI is InChI=1S/C13H20N2O3/c1-3-18-12-8-14-6-4-5-11(14)7-15(9-12)13(16)10-17-2/h4-6,12H,3,7-10H2,1-2H3. The topological polar surface area (TPSA) is 43.7 Å². The first-order chi connectivity index (χ1) is 8.74. The maximum Gasteiger partial charge on any atom is 0.248 e. The Kier molecular flexibility index (Phi) is 4.38. The summed E-state index contributed by atoms with van der Waals surface area (Å²) in [6.45, 7) is 4.80. The summed E-state index contributed by atoms with van der Waals surface area (Å²) in [7, 11) is 1.54. The van der Waals surface area contributed by atoms with Crippen LogP contribution in [-0.2, 0) is 27.4 Å². The highest BCUT2D eigenvalue weighted by Crippen LogP contribution is 2.15. The van der Waals surface area contributed by atoms with E-state index in [-0.39, 0.29) is 18.6 Å². The molecule has 0 fully saturated rings. The summed E-state index contributed by atoms with van der Waals surface area (Å²) in [6, 6.07) is 4.05. The molecule has 2 rings (SSSR count). The molecule has 1 aromatic heterocycles. The van der Waals surface area contributed by atoms with Crippen LogP contribution in [0, 0.1) is 0 Å². The molecular weight excluding hydrogens is 232 g/mol. The molecule has 1 aliphatic heterocycles. The largest absolute Gasteiger partial charge is 0.375 e. The van der Waals surface area contributed by atoms with Crippen molar-refractivity contribution in [2.24, 2.45) is 0 Å². The molecule has 0 aliphatic carbocycles. The van der Waals surface area contributed by atoms with E-state index in [4.69, 9.17) is 9.47 Å². The van der Waals surface area contributed by atoms with Crippen LogP contribution >= 0.6 is 0 Å². The van der Waals surface area contributed by atoms with Crippen molar-refractivity contribution in [2.75, 3.05) is 26.9 Å². The second-order valence-corrected chi connectivity index (χ2v) is 4.44. The maximum absolute atomic E-state index is 12.0. The Bertz CT molecular complexity index is 403. The first-order valence-electron chi connectivity index (χ1n) is 6.27. The molecule has 1 aromatic rings. The molecule has 1 unspecified atom stereocenters. The zero-order valence-corrected chi connectivity index (χ0v) is 11.0. The van der Waals surface area contributed by atoms with Gasteiger partial charge in [0.25, 0.3) is 0 Å². The lowest BCUT2D eigenvalue weighted by atomic mass is 10.3. The van der Waals surface area contributed by atoms with Crippen LogP contribution in [-0.4, -0.2) is 48.3 Å². The number of aromatic nitrogens is 1. The normalized spacial score (nSPS) is 19.4. The van der Waals surface area contributed by atoms with E-state index in [0.717, 1.165) is 12.2 Å². The number of hydrogen-bond donors (Lipinski definition) is 0. The summed E-state index contributed by atoms with van der Waals surface area (Å²) in [5.74, 6) is 0.0110. The van der Waals surface area contributed by atoms with Crippen LogP contribution in [0.5, 0.6) is 0 Å². The van der Waals surface area contributed by atoms with Gasteiger partial charge in [0.05, 0.1) is 19.2 Å². The average Bonchev–Trinajstić information content (AvgIpc) is 2.69. The van der Waals surface area contributed by atoms with E-state index in [1.165, 1.54) is 0 Å². The molecule has 0 saturated heterocycles. The van der Waals surface area contributed by atoms with Crippen molar-refractivity contribution < 1.29 is 14.3 Å². The third kappa shape index (κ3) is 2.91. The van der Waals surface area contributed by atoms with Crippen LogP contribution in [0.3, 0.4) is 0 Å². The number of carbonyl (C=O) groups excluding carboxylic acids is 1. The summed E-state index contributed by atoms with van der Waals surface area (Å²) in [5, 5.41) is 0. The van der Waals surface area contributed by atoms with Gasteiger partial charge in [0.1, 0.15) is 6.61 Å². The number of nitrogens with zero attached hydrogens (tertiary/aromatic N) is 2. The van der Waals surface area contributed by atoms with Crippen LogP contribution in [0.15, 0.2) is 18.3 Å². The van der Waals surface area contributed by atoms with Gasteiger partial charge in [0.2, 0.25) is 5.91 Å². The highest BCUT2D eigenvalue weighted by molar-refractivity contribution is 5.77. The summed E-state index contributed by atoms with van der Waals surface area (Å²) in [6.07, 6.45) is 2.08. The van der Waals surface area contributed by atoms with Crippen molar-refractivity contribution in [3.8, 4) is 0 Å². The van der Waals surface area contributed by atoms with Crippen LogP contribution in [0.1, 0.15) is 12.6 Å². The van der Waals surface area contributed by atoms with E-state index < -0.39 is 0 Å². The van der Waals surface area contributed by atoms with E-state index in [0.29, 0.717) is 19.7 Å². The fourth-order valence-corrected chi connectivity index (χ4v) is 2.30. The van der Waals surface area contributed by atoms with Crippen LogP contribution in [0.2, 0.25) is 0 Å². The Morgan fingerprint density at radius 1 is 1.50 bits per heavy atom. The van der Waals surface area contributed by atoms with Gasteiger partial charge >= 0.3 is 0 Å². The molecule has 0 spiro atoms. The fraction of sp³-hybridized carbons (Fsp3) is 0.615. The summed E-state index contributed by atoms with van der Waals surface area (Å²) in [5.41, 5.74) is 1.14. The number of methoxy groups -OCH3 is 1. The number of ether oxygens (including phenoxy) is 2. The zero-order valence-electron chi connectivity index (χ0n) is 11.0. The minimum absolute atomic E-state index is 0.0110. The van der Waals surface area contributed by atoms with E-state index in [9.17, 15) is 4.79 Å². The van der Waals surface area contributed by atoms with Gasteiger partial charge < -0.3 is 18.9 Å². The second-order valence-electron chi connectivity index (χ2n) is 4.44. The van der Waals surface area contributed by atoms with Crippen molar-refractivity contribution in [3.05, 3.63) is 24.0 Å². The molecule has 0 N–H and O–H groups in total. The van der Waals surface area contributed by atoms with E-state index in [1.807, 2.05) is 30.2 Å². The highest BCUT2D eigenvalue weighted by atomic mass is 16.5. The molecule has 0 saturated carbocycles. The van der Waals surface area contributed by atoms with Crippen molar-refractivity contribution >= 4 is 5.91 Å². The summed E-state index contributed by atoms with van der Waals surface area (Å²) >= 11 is 0. The van der Waals surface area contributed by atoms with Gasteiger partial charge in [-0.3, -0.25) is 4.79 Å². The predicted molar refractivity (Wildman–Crippen MR) is 67.1 cm³/mol. The molecule has 1 amide bonds. The maximum atomic E-state index is 12.0. The average molecular weight is 252 g/mol. The molecule has 5 nitrogen and oxygen atoms in total. The molecule has 0 radical (unpaired) electrons. The van der Waals surface area contributed by atoms with Crippen LogP contribution in [0.4, 0.5) is 0 Å². The Morgan fingerprint density at radius 3 is 3.06 bits per heavy atom. The van der Waals surface area contributed by atoms with Gasteiger partial charge in [-0.15, -0.1) is 0 Å². The lowest BCUT2D eigenvalue weighted by Gasteiger charge is -2.23. The molecule has 100 valence electrons. The van der Waals surface area contributed by atoms with Gasteiger partial charge in [-0.25, -0.2) is 0 Å². The summed E-state index contributed by atoms with van der Waals surface area (Å²) < 4.78 is 12.8. The number of amides is 1. The third-order valence-electron chi connectivity index (χ3n) is 3.12. The van der Waals surface area contributed by atoms with Crippen molar-refractivity contribution in [1.82, 2.24) is 9.47 Å². The quantitative estimate of drug-likeness (QED) is 0.799. The zero-order chi connectivity index (χ0) is 13.0. The van der Waals surface area contributed by atoms with Gasteiger partial charge in [-0.05, 0) is 19.1 Å². The molecular formula is C13H20N2O3. The molecule has 1 aliphatic rings. The van der Waals surface area contributed by atoms with E-state index in [1.54, 1.807) is 7.11 Å². The number of rotatable bonds is 4. The minimum atomic E-state index is 0.0110. The number of fused-ring (bicyclic) bond motifs is 1. The van der Waals surface area contributed by atoms with Crippen molar-refractivity contribution in [3.63, 3.8) is 0 Å². The number of carbonyl (C=O) groups is 1. The molecule has 5 heteroatoms. The smallest absolute Gasteiger partial charge is 0.248 e. The predicted octanol–water partition coefficient (Wildman–Crippen LogP) is 0.882. The highest BCUT2D eigenvalue weighted by Gasteiger charge is 2.24. The molecule has 1 atom stereocenters. The first-order valence-corrected chi connectivity index (χ1v) is 6.27. The Hall–Kier alpha value is -1.33. The Labute approximate surface area is 107 Å². The van der Waals surface area contributed by atoms with Gasteiger partial charge in [-0.2, -0.15) is 0 Å². The van der Waals surface area contributed by atoms with E-state index >= 15 is 0 Å². The molecule has 0 bridgehead atoms. The van der Waals surface area contributed by atoms with Crippen molar-refractivity contribution in [2.45, 2.75) is 26.1 Å². The van der Waals surface area contributed by atoms with Gasteiger partial charge in [0, 0.05) is 32.2 Å². The van der Waals surface area contributed by atoms with Crippen molar-refractivity contribution in [1.29, 1.82) is 0 Å². The molecule has 0 aromatic carbocycles. The molecule has 18 heavy (non-hydrogen) atoms. The van der Waals surface area contributed by atoms with Crippen LogP contribution < -0.4 is 0 Å². The third-order valence-corrected chi connectivity index (χ3v) is 3.12. The number of hydrogen-bond acceptors (Lipinski definition) is 3. The van der Waals surface area contributed by atoms with E-state index in [2.05, 4.69) is 4.57 Å². The van der Waals surface area contributed by atoms with Gasteiger partial charge in [-0.1, -0.05) is 0 Å². The Balaban J connectivity index is 2.14. The van der Waals surface area contributed by atoms with Crippen LogP contribution in [0.25, 0.3) is 0 Å². The SMILES string of the molecule is CCOC1CN(C(=O)COC)Cc2cccn2C1. The Morgan fingerprint density at radius 2 is 2.33 bits per heavy atom. The fourth-order valence-electron chi connectivity index (χ4n) is 2.30. The molecule has 2 heterocycles. The lowest BCUT2D eigenvalue weighted by molar-refractivity contribution is -0.137.